The lowest BCUT2D eigenvalue weighted by atomic mass is 9.97. The highest BCUT2D eigenvalue weighted by Crippen LogP contribution is 2.34. The van der Waals surface area contributed by atoms with Crippen molar-refractivity contribution < 1.29 is 4.79 Å². The number of halogens is 1. The Hall–Kier alpha value is -2.64. The molecule has 1 saturated heterocycles. The fourth-order valence-electron chi connectivity index (χ4n) is 4.22. The van der Waals surface area contributed by atoms with Crippen molar-refractivity contribution in [1.82, 2.24) is 19.0 Å². The summed E-state index contributed by atoms with van der Waals surface area (Å²) in [6, 6.07) is 13.4. The Morgan fingerprint density at radius 1 is 1.17 bits per heavy atom. The van der Waals surface area contributed by atoms with E-state index in [1.54, 1.807) is 27.5 Å². The summed E-state index contributed by atoms with van der Waals surface area (Å²) in [5.41, 5.74) is 2.41. The van der Waals surface area contributed by atoms with Gasteiger partial charge in [0, 0.05) is 31.1 Å². The van der Waals surface area contributed by atoms with Gasteiger partial charge in [0.15, 0.2) is 0 Å². The lowest BCUT2D eigenvalue weighted by Gasteiger charge is -2.31. The van der Waals surface area contributed by atoms with Crippen LogP contribution in [0.15, 0.2) is 47.3 Å². The van der Waals surface area contributed by atoms with Gasteiger partial charge in [-0.05, 0) is 43.2 Å². The van der Waals surface area contributed by atoms with Crippen LogP contribution in [0.3, 0.4) is 0 Å². The van der Waals surface area contributed by atoms with E-state index in [9.17, 15) is 9.59 Å². The summed E-state index contributed by atoms with van der Waals surface area (Å²) in [5, 5.41) is 1.81. The molecule has 1 fully saturated rings. The first kappa shape index (κ1) is 19.3. The maximum absolute atomic E-state index is 12.9. The minimum Gasteiger partial charge on any atom is -0.341 e. The molecule has 0 spiro atoms. The minimum atomic E-state index is -0.160. The van der Waals surface area contributed by atoms with Gasteiger partial charge in [-0.2, -0.15) is 0 Å². The molecule has 0 unspecified atom stereocenters. The summed E-state index contributed by atoms with van der Waals surface area (Å²) in [7, 11) is 1.74. The quantitative estimate of drug-likeness (QED) is 0.483. The van der Waals surface area contributed by atoms with Gasteiger partial charge in [-0.3, -0.25) is 13.9 Å². The van der Waals surface area contributed by atoms with Crippen LogP contribution in [0.4, 0.5) is 0 Å². The minimum absolute atomic E-state index is 0.0111. The lowest BCUT2D eigenvalue weighted by molar-refractivity contribution is -0.132. The van der Waals surface area contributed by atoms with Gasteiger partial charge in [0.05, 0.1) is 26.3 Å². The molecular formula is C22H21ClN4O2S. The molecular weight excluding hydrogens is 420 g/mol. The number of fused-ring (bicyclic) bond motifs is 2. The maximum atomic E-state index is 12.9. The fraction of sp³-hybridized carbons (Fsp3) is 0.318. The average molecular weight is 441 g/mol. The van der Waals surface area contributed by atoms with Crippen molar-refractivity contribution in [2.24, 2.45) is 7.05 Å². The molecule has 4 aromatic rings. The first-order chi connectivity index (χ1) is 14.5. The van der Waals surface area contributed by atoms with E-state index in [1.807, 2.05) is 47.4 Å². The molecule has 1 amide bonds. The van der Waals surface area contributed by atoms with Crippen LogP contribution >= 0.6 is 22.9 Å². The summed E-state index contributed by atoms with van der Waals surface area (Å²) in [6.45, 7) is 1.43. The second-order valence-corrected chi connectivity index (χ2v) is 9.23. The van der Waals surface area contributed by atoms with Crippen LogP contribution in [-0.2, 0) is 18.4 Å². The molecule has 8 heteroatoms. The summed E-state index contributed by atoms with van der Waals surface area (Å²) >= 11 is 7.79. The van der Waals surface area contributed by atoms with Crippen molar-refractivity contribution in [1.29, 1.82) is 0 Å². The van der Waals surface area contributed by atoms with Crippen LogP contribution in [0.25, 0.3) is 21.3 Å². The highest BCUT2D eigenvalue weighted by atomic mass is 35.5. The highest BCUT2D eigenvalue weighted by Gasteiger charge is 2.27. The van der Waals surface area contributed by atoms with Crippen molar-refractivity contribution in [2.75, 3.05) is 13.1 Å². The number of hydrogen-bond donors (Lipinski definition) is 0. The maximum Gasteiger partial charge on any atom is 0.329 e. The van der Waals surface area contributed by atoms with Crippen LogP contribution in [0.1, 0.15) is 23.8 Å². The van der Waals surface area contributed by atoms with E-state index in [2.05, 4.69) is 0 Å². The first-order valence-electron chi connectivity index (χ1n) is 9.99. The number of nitrogens with zero attached hydrogens (tertiary/aromatic N) is 4. The van der Waals surface area contributed by atoms with E-state index in [0.717, 1.165) is 39.1 Å². The number of thiazole rings is 1. The predicted molar refractivity (Wildman–Crippen MR) is 120 cm³/mol. The SMILES string of the molecule is Cn1c(=O)n(CC(=O)N2CCC(c3nc4cc(Cl)ccc4s3)CC2)c2ccccc21. The molecule has 0 atom stereocenters. The van der Waals surface area contributed by atoms with Gasteiger partial charge in [0.1, 0.15) is 6.54 Å². The Morgan fingerprint density at radius 2 is 1.90 bits per heavy atom. The Bertz CT molecular complexity index is 1310. The molecule has 2 aromatic carbocycles. The largest absolute Gasteiger partial charge is 0.341 e. The Balaban J connectivity index is 1.29. The van der Waals surface area contributed by atoms with E-state index in [4.69, 9.17) is 16.6 Å². The van der Waals surface area contributed by atoms with Crippen molar-refractivity contribution in [2.45, 2.75) is 25.3 Å². The molecule has 0 bridgehead atoms. The molecule has 1 aliphatic heterocycles. The summed E-state index contributed by atoms with van der Waals surface area (Å²) in [4.78, 5) is 32.2. The van der Waals surface area contributed by atoms with E-state index < -0.39 is 0 Å². The molecule has 0 aliphatic carbocycles. The van der Waals surface area contributed by atoms with Crippen molar-refractivity contribution in [3.63, 3.8) is 0 Å². The molecule has 0 saturated carbocycles. The third-order valence-corrected chi connectivity index (χ3v) is 7.34. The van der Waals surface area contributed by atoms with Crippen molar-refractivity contribution in [3.05, 3.63) is 63.0 Å². The summed E-state index contributed by atoms with van der Waals surface area (Å²) in [5.74, 6) is 0.341. The summed E-state index contributed by atoms with van der Waals surface area (Å²) in [6.07, 6.45) is 1.76. The summed E-state index contributed by atoms with van der Waals surface area (Å²) < 4.78 is 4.30. The number of piperidine rings is 1. The standard InChI is InChI=1S/C22H21ClN4O2S/c1-25-17-4-2-3-5-18(17)27(22(25)29)13-20(28)26-10-8-14(9-11-26)21-24-16-12-15(23)6-7-19(16)30-21/h2-7,12,14H,8-11,13H2,1H3. The molecule has 154 valence electrons. The van der Waals surface area contributed by atoms with Gasteiger partial charge in [-0.25, -0.2) is 9.78 Å². The van der Waals surface area contributed by atoms with Gasteiger partial charge >= 0.3 is 5.69 Å². The van der Waals surface area contributed by atoms with E-state index in [-0.39, 0.29) is 18.1 Å². The predicted octanol–water partition coefficient (Wildman–Crippen LogP) is 4.01. The zero-order valence-corrected chi connectivity index (χ0v) is 18.1. The molecule has 30 heavy (non-hydrogen) atoms. The van der Waals surface area contributed by atoms with Crippen LogP contribution in [0, 0.1) is 0 Å². The smallest absolute Gasteiger partial charge is 0.329 e. The van der Waals surface area contributed by atoms with Gasteiger partial charge in [-0.1, -0.05) is 23.7 Å². The number of carbonyl (C=O) groups is 1. The number of aryl methyl sites for hydroxylation is 1. The number of carbonyl (C=O) groups excluding carboxylic acids is 1. The van der Waals surface area contributed by atoms with Crippen LogP contribution in [0.5, 0.6) is 0 Å². The number of rotatable bonds is 3. The number of benzene rings is 2. The Morgan fingerprint density at radius 3 is 2.67 bits per heavy atom. The zero-order valence-electron chi connectivity index (χ0n) is 16.5. The Labute approximate surface area is 182 Å². The number of likely N-dealkylation sites (tertiary alicyclic amines) is 1. The molecule has 2 aromatic heterocycles. The van der Waals surface area contributed by atoms with Crippen molar-refractivity contribution in [3.8, 4) is 0 Å². The number of hydrogen-bond acceptors (Lipinski definition) is 4. The second kappa shape index (κ2) is 7.56. The van der Waals surface area contributed by atoms with Gasteiger partial charge in [-0.15, -0.1) is 11.3 Å². The van der Waals surface area contributed by atoms with E-state index in [0.29, 0.717) is 24.0 Å². The molecule has 1 aliphatic rings. The molecule has 0 N–H and O–H groups in total. The van der Waals surface area contributed by atoms with Crippen LogP contribution in [-0.4, -0.2) is 38.0 Å². The normalized spacial score (nSPS) is 15.3. The second-order valence-electron chi connectivity index (χ2n) is 7.74. The number of aromatic nitrogens is 3. The van der Waals surface area contributed by atoms with Crippen molar-refractivity contribution >= 4 is 50.1 Å². The molecule has 3 heterocycles. The Kier molecular flexibility index (Phi) is 4.87. The van der Waals surface area contributed by atoms with E-state index in [1.165, 1.54) is 0 Å². The third kappa shape index (κ3) is 3.32. The highest BCUT2D eigenvalue weighted by molar-refractivity contribution is 7.18. The first-order valence-corrected chi connectivity index (χ1v) is 11.2. The lowest BCUT2D eigenvalue weighted by Crippen LogP contribution is -2.41. The number of para-hydroxylation sites is 2. The topological polar surface area (TPSA) is 60.1 Å². The van der Waals surface area contributed by atoms with Gasteiger partial charge in [0.2, 0.25) is 5.91 Å². The monoisotopic (exact) mass is 440 g/mol. The average Bonchev–Trinajstić information content (AvgIpc) is 3.28. The molecule has 0 radical (unpaired) electrons. The van der Waals surface area contributed by atoms with Gasteiger partial charge < -0.3 is 4.90 Å². The molecule has 6 nitrogen and oxygen atoms in total. The molecule has 5 rings (SSSR count). The fourth-order valence-corrected chi connectivity index (χ4v) is 5.50. The van der Waals surface area contributed by atoms with E-state index >= 15 is 0 Å². The third-order valence-electron chi connectivity index (χ3n) is 5.91. The van der Waals surface area contributed by atoms with Gasteiger partial charge in [0.25, 0.3) is 0 Å². The van der Waals surface area contributed by atoms with Crippen LogP contribution < -0.4 is 5.69 Å². The number of amides is 1. The zero-order chi connectivity index (χ0) is 20.8. The number of imidazole rings is 1. The van der Waals surface area contributed by atoms with Crippen LogP contribution in [0.2, 0.25) is 5.02 Å².